The Morgan fingerprint density at radius 2 is 1.97 bits per heavy atom. The maximum atomic E-state index is 14.3. The van der Waals surface area contributed by atoms with Crippen LogP contribution in [0.15, 0.2) is 42.6 Å². The van der Waals surface area contributed by atoms with Gasteiger partial charge in [-0.15, -0.1) is 0 Å². The first-order chi connectivity index (χ1) is 17.6. The summed E-state index contributed by atoms with van der Waals surface area (Å²) in [7, 11) is 0. The summed E-state index contributed by atoms with van der Waals surface area (Å²) in [6.07, 6.45) is 2.99. The van der Waals surface area contributed by atoms with E-state index in [0.717, 1.165) is 6.42 Å². The number of amides is 2. The summed E-state index contributed by atoms with van der Waals surface area (Å²) in [4.78, 5) is 52.1. The lowest BCUT2D eigenvalue weighted by Gasteiger charge is -2.28. The van der Waals surface area contributed by atoms with E-state index in [1.54, 1.807) is 33.9 Å². The first-order valence-electron chi connectivity index (χ1n) is 12.0. The molecule has 2 heterocycles. The zero-order valence-corrected chi connectivity index (χ0v) is 20.6. The molecule has 2 saturated carbocycles. The van der Waals surface area contributed by atoms with Gasteiger partial charge in [0, 0.05) is 34.8 Å². The minimum atomic E-state index is -1.11. The molecule has 4 atom stereocenters. The van der Waals surface area contributed by atoms with Crippen LogP contribution in [0.2, 0.25) is 5.02 Å². The summed E-state index contributed by atoms with van der Waals surface area (Å²) >= 11 is 5.84. The molecule has 3 fully saturated rings. The van der Waals surface area contributed by atoms with Crippen LogP contribution in [0.3, 0.4) is 0 Å². The minimum absolute atomic E-state index is 0.0234. The van der Waals surface area contributed by atoms with Crippen molar-refractivity contribution in [1.82, 2.24) is 14.8 Å². The van der Waals surface area contributed by atoms with E-state index in [1.807, 2.05) is 0 Å². The van der Waals surface area contributed by atoms with E-state index in [2.05, 4.69) is 5.32 Å². The highest BCUT2D eigenvalue weighted by molar-refractivity contribution is 6.30. The number of aromatic nitrogens is 1. The van der Waals surface area contributed by atoms with Gasteiger partial charge in [0.1, 0.15) is 18.4 Å². The molecular weight excluding hydrogens is 501 g/mol. The standard InChI is InChI=1S/C27H23ClFN3O5/c1-13(33)17-11-31(21-6-5-14(26(36)37)7-16(17)21)12-23(34)32-22(8-18-19-9-27(18,19)32)25(35)30-10-15-3-2-4-20(28)24(15)29/h2-7,11,18-19,22H,8-10,12H2,1H3,(H,30,35)(H,36,37). The number of carbonyl (C=O) groups excluding carboxylic acids is 3. The number of hydrogen-bond donors (Lipinski definition) is 2. The summed E-state index contributed by atoms with van der Waals surface area (Å²) in [6.45, 7) is 1.26. The van der Waals surface area contributed by atoms with Crippen LogP contribution in [-0.4, -0.2) is 49.7 Å². The van der Waals surface area contributed by atoms with Crippen molar-refractivity contribution in [1.29, 1.82) is 0 Å². The van der Waals surface area contributed by atoms with Gasteiger partial charge in [-0.25, -0.2) is 9.18 Å². The number of fused-ring (bicyclic) bond motifs is 2. The zero-order valence-electron chi connectivity index (χ0n) is 19.8. The number of benzene rings is 2. The molecule has 8 nitrogen and oxygen atoms in total. The van der Waals surface area contributed by atoms with Gasteiger partial charge in [0.25, 0.3) is 0 Å². The number of carbonyl (C=O) groups is 4. The smallest absolute Gasteiger partial charge is 0.335 e. The van der Waals surface area contributed by atoms with Gasteiger partial charge < -0.3 is 19.9 Å². The maximum absolute atomic E-state index is 14.3. The Hall–Kier alpha value is -3.72. The van der Waals surface area contributed by atoms with Crippen molar-refractivity contribution in [3.8, 4) is 0 Å². The number of piperidine rings is 1. The first-order valence-corrected chi connectivity index (χ1v) is 12.4. The highest BCUT2D eigenvalue weighted by Gasteiger charge is 2.86. The molecule has 2 amide bonds. The van der Waals surface area contributed by atoms with Crippen LogP contribution in [0, 0.1) is 17.7 Å². The van der Waals surface area contributed by atoms with Crippen LogP contribution < -0.4 is 5.32 Å². The SMILES string of the molecule is CC(=O)c1cn(CC(=O)N2C(C(=O)NCc3cccc(Cl)c3F)CC3C4CC342)c2ccc(C(=O)O)cc12. The molecule has 37 heavy (non-hydrogen) atoms. The molecule has 190 valence electrons. The Morgan fingerprint density at radius 3 is 2.68 bits per heavy atom. The summed E-state index contributed by atoms with van der Waals surface area (Å²) in [5, 5.41) is 12.5. The molecule has 1 spiro atoms. The number of carboxylic acids is 1. The van der Waals surface area contributed by atoms with Crippen LogP contribution in [-0.2, 0) is 22.7 Å². The fraction of sp³-hybridized carbons (Fsp3) is 0.333. The van der Waals surface area contributed by atoms with E-state index in [0.29, 0.717) is 34.7 Å². The van der Waals surface area contributed by atoms with Gasteiger partial charge in [-0.3, -0.25) is 14.4 Å². The predicted molar refractivity (Wildman–Crippen MR) is 132 cm³/mol. The molecule has 6 rings (SSSR count). The normalized spacial score (nSPS) is 24.9. The van der Waals surface area contributed by atoms with Crippen molar-refractivity contribution >= 4 is 46.1 Å². The average molecular weight is 524 g/mol. The molecule has 2 aromatic carbocycles. The average Bonchev–Trinajstić information content (AvgIpc) is 3.65. The molecule has 3 aliphatic rings. The third kappa shape index (κ3) is 3.55. The molecule has 1 aromatic heterocycles. The molecule has 3 aromatic rings. The van der Waals surface area contributed by atoms with E-state index in [1.165, 1.54) is 25.1 Å². The van der Waals surface area contributed by atoms with Gasteiger partial charge in [0.15, 0.2) is 5.78 Å². The number of rotatable bonds is 7. The second-order valence-corrected chi connectivity index (χ2v) is 10.5. The van der Waals surface area contributed by atoms with Crippen LogP contribution in [0.4, 0.5) is 4.39 Å². The van der Waals surface area contributed by atoms with Gasteiger partial charge in [-0.2, -0.15) is 0 Å². The van der Waals surface area contributed by atoms with Crippen LogP contribution in [0.5, 0.6) is 0 Å². The number of nitrogens with zero attached hydrogens (tertiary/aromatic N) is 2. The molecule has 0 radical (unpaired) electrons. The first kappa shape index (κ1) is 23.7. The third-order valence-electron chi connectivity index (χ3n) is 8.15. The monoisotopic (exact) mass is 523 g/mol. The van der Waals surface area contributed by atoms with Gasteiger partial charge in [0.05, 0.1) is 16.1 Å². The van der Waals surface area contributed by atoms with E-state index < -0.39 is 17.8 Å². The Bertz CT molecular complexity index is 1530. The topological polar surface area (TPSA) is 109 Å². The van der Waals surface area contributed by atoms with Crippen molar-refractivity contribution in [3.05, 3.63) is 70.1 Å². The van der Waals surface area contributed by atoms with Gasteiger partial charge in [-0.1, -0.05) is 23.7 Å². The molecule has 1 aliphatic heterocycles. The fourth-order valence-corrected chi connectivity index (χ4v) is 6.35. The molecule has 4 unspecified atom stereocenters. The number of aromatic carboxylic acids is 1. The van der Waals surface area contributed by atoms with Crippen molar-refractivity contribution in [2.45, 2.75) is 44.4 Å². The van der Waals surface area contributed by atoms with Crippen molar-refractivity contribution in [3.63, 3.8) is 0 Å². The Labute approximate surface area is 216 Å². The summed E-state index contributed by atoms with van der Waals surface area (Å²) in [5.74, 6) is -1.81. The van der Waals surface area contributed by atoms with Crippen molar-refractivity contribution < 1.29 is 28.7 Å². The quantitative estimate of drug-likeness (QED) is 0.460. The van der Waals surface area contributed by atoms with E-state index in [9.17, 15) is 28.7 Å². The number of Topliss-reactive ketones (excluding diaryl/α,β-unsaturated/α-hetero) is 1. The minimum Gasteiger partial charge on any atom is -0.478 e. The Balaban J connectivity index is 1.24. The lowest BCUT2D eigenvalue weighted by atomic mass is 10.1. The number of likely N-dealkylation sites (tertiary alicyclic amines) is 1. The maximum Gasteiger partial charge on any atom is 0.335 e. The number of hydrogen-bond acceptors (Lipinski definition) is 4. The highest BCUT2D eigenvalue weighted by atomic mass is 35.5. The molecule has 2 aliphatic carbocycles. The second kappa shape index (κ2) is 8.14. The van der Waals surface area contributed by atoms with Gasteiger partial charge >= 0.3 is 5.97 Å². The molecule has 0 bridgehead atoms. The van der Waals surface area contributed by atoms with Crippen molar-refractivity contribution in [2.24, 2.45) is 11.8 Å². The van der Waals surface area contributed by atoms with Crippen molar-refractivity contribution in [2.75, 3.05) is 0 Å². The number of halogens is 2. The van der Waals surface area contributed by atoms with Crippen LogP contribution in [0.1, 0.15) is 46.0 Å². The van der Waals surface area contributed by atoms with Crippen LogP contribution >= 0.6 is 11.6 Å². The Morgan fingerprint density at radius 1 is 1.19 bits per heavy atom. The summed E-state index contributed by atoms with van der Waals surface area (Å²) < 4.78 is 15.9. The lowest BCUT2D eigenvalue weighted by molar-refractivity contribution is -0.141. The molecule has 10 heteroatoms. The summed E-state index contributed by atoms with van der Waals surface area (Å²) in [6, 6.07) is 8.38. The van der Waals surface area contributed by atoms with Gasteiger partial charge in [0.2, 0.25) is 11.8 Å². The lowest BCUT2D eigenvalue weighted by Crippen LogP contribution is -2.50. The number of carboxylic acid groups (broad SMARTS) is 1. The Kier molecular flexibility index (Phi) is 5.21. The van der Waals surface area contributed by atoms with E-state index in [-0.39, 0.29) is 52.4 Å². The van der Waals surface area contributed by atoms with E-state index in [4.69, 9.17) is 11.6 Å². The second-order valence-electron chi connectivity index (χ2n) is 10.1. The third-order valence-corrected chi connectivity index (χ3v) is 8.45. The number of ketones is 1. The fourth-order valence-electron chi connectivity index (χ4n) is 6.15. The zero-order chi connectivity index (χ0) is 26.2. The number of nitrogens with one attached hydrogen (secondary N) is 1. The largest absolute Gasteiger partial charge is 0.478 e. The highest BCUT2D eigenvalue weighted by Crippen LogP contribution is 2.80. The van der Waals surface area contributed by atoms with Crippen LogP contribution in [0.25, 0.3) is 10.9 Å². The molecule has 1 saturated heterocycles. The summed E-state index contributed by atoms with van der Waals surface area (Å²) in [5.41, 5.74) is 0.936. The molecular formula is C27H23ClFN3O5. The van der Waals surface area contributed by atoms with E-state index >= 15 is 0 Å². The molecule has 2 N–H and O–H groups in total. The van der Waals surface area contributed by atoms with Gasteiger partial charge in [-0.05, 0) is 55.9 Å². The predicted octanol–water partition coefficient (Wildman–Crippen LogP) is 3.64.